The molecule has 0 aliphatic carbocycles. The summed E-state index contributed by atoms with van der Waals surface area (Å²) >= 11 is 0. The van der Waals surface area contributed by atoms with Crippen molar-refractivity contribution in [2.45, 2.75) is 26.2 Å². The van der Waals surface area contributed by atoms with Gasteiger partial charge in [-0.3, -0.25) is 0 Å². The molecule has 0 atom stereocenters. The molecule has 1 aromatic carbocycles. The lowest BCUT2D eigenvalue weighted by Gasteiger charge is -2.21. The van der Waals surface area contributed by atoms with Gasteiger partial charge >= 0.3 is 0 Å². The number of phenols is 1. The molecule has 0 aromatic heterocycles. The Labute approximate surface area is 86.2 Å². The fourth-order valence-corrected chi connectivity index (χ4v) is 1.37. The van der Waals surface area contributed by atoms with E-state index in [1.54, 1.807) is 0 Å². The number of hydrogen-bond donors (Lipinski definition) is 1. The largest absolute Gasteiger partial charge is 0.506 e. The van der Waals surface area contributed by atoms with E-state index in [0.717, 1.165) is 11.3 Å². The maximum absolute atomic E-state index is 9.78. The topological polar surface area (TPSA) is 23.5 Å². The smallest absolute Gasteiger partial charge is 0.139 e. The minimum atomic E-state index is 0.0856. The molecule has 1 rings (SSSR count). The number of aromatic hydroxyl groups is 1. The summed E-state index contributed by atoms with van der Waals surface area (Å²) < 4.78 is 0. The van der Waals surface area contributed by atoms with Gasteiger partial charge in [-0.25, -0.2) is 0 Å². The molecule has 1 N–H and O–H groups in total. The summed E-state index contributed by atoms with van der Waals surface area (Å²) in [5.41, 5.74) is 2.10. The van der Waals surface area contributed by atoms with E-state index >= 15 is 0 Å². The predicted molar refractivity (Wildman–Crippen MR) is 61.1 cm³/mol. The van der Waals surface area contributed by atoms with Gasteiger partial charge in [-0.05, 0) is 23.1 Å². The lowest BCUT2D eigenvalue weighted by atomic mass is 9.87. The lowest BCUT2D eigenvalue weighted by molar-refractivity contribution is 0.471. The fourth-order valence-electron chi connectivity index (χ4n) is 1.37. The quantitative estimate of drug-likeness (QED) is 0.741. The second-order valence-corrected chi connectivity index (χ2v) is 4.85. The Bertz CT molecular complexity index is 324. The average Bonchev–Trinajstić information content (AvgIpc) is 2.01. The van der Waals surface area contributed by atoms with Crippen LogP contribution in [0.5, 0.6) is 5.75 Å². The van der Waals surface area contributed by atoms with Gasteiger partial charge in [-0.15, -0.1) is 0 Å². The van der Waals surface area contributed by atoms with Crippen LogP contribution in [-0.4, -0.2) is 19.2 Å². The Morgan fingerprint density at radius 3 is 2.07 bits per heavy atom. The van der Waals surface area contributed by atoms with Crippen molar-refractivity contribution < 1.29 is 5.11 Å². The molecule has 1 aromatic rings. The van der Waals surface area contributed by atoms with Crippen LogP contribution in [0, 0.1) is 0 Å². The van der Waals surface area contributed by atoms with E-state index in [2.05, 4.69) is 26.8 Å². The first-order chi connectivity index (χ1) is 6.32. The number of phenolic OH excluding ortho intramolecular Hbond substituents is 1. The molecule has 14 heavy (non-hydrogen) atoms. The van der Waals surface area contributed by atoms with E-state index in [0.29, 0.717) is 5.75 Å². The first-order valence-corrected chi connectivity index (χ1v) is 4.83. The average molecular weight is 193 g/mol. The second kappa shape index (κ2) is 3.52. The minimum absolute atomic E-state index is 0.0856. The highest BCUT2D eigenvalue weighted by molar-refractivity contribution is 5.58. The third-order valence-corrected chi connectivity index (χ3v) is 2.32. The van der Waals surface area contributed by atoms with Crippen molar-refractivity contribution in [1.82, 2.24) is 0 Å². The number of anilines is 1. The van der Waals surface area contributed by atoms with Crippen molar-refractivity contribution in [1.29, 1.82) is 0 Å². The first-order valence-electron chi connectivity index (χ1n) is 4.83. The molecule has 0 saturated carbocycles. The van der Waals surface area contributed by atoms with E-state index in [9.17, 15) is 5.11 Å². The standard InChI is InChI=1S/C12H19NO/c1-12(2,3)9-6-7-10(13(4)5)11(14)8-9/h6-8,14H,1-5H3. The summed E-state index contributed by atoms with van der Waals surface area (Å²) in [6.45, 7) is 6.41. The normalized spacial score (nSPS) is 11.5. The van der Waals surface area contributed by atoms with E-state index < -0.39 is 0 Å². The highest BCUT2D eigenvalue weighted by atomic mass is 16.3. The summed E-state index contributed by atoms with van der Waals surface area (Å²) in [6, 6.07) is 5.86. The van der Waals surface area contributed by atoms with Gasteiger partial charge in [0.15, 0.2) is 0 Å². The van der Waals surface area contributed by atoms with Crippen molar-refractivity contribution in [2.24, 2.45) is 0 Å². The second-order valence-electron chi connectivity index (χ2n) is 4.85. The van der Waals surface area contributed by atoms with Crippen LogP contribution in [0.1, 0.15) is 26.3 Å². The van der Waals surface area contributed by atoms with Crippen LogP contribution in [0.4, 0.5) is 5.69 Å². The molecule has 0 spiro atoms. The van der Waals surface area contributed by atoms with E-state index in [4.69, 9.17) is 0 Å². The summed E-state index contributed by atoms with van der Waals surface area (Å²) in [6.07, 6.45) is 0. The van der Waals surface area contributed by atoms with Gasteiger partial charge in [-0.2, -0.15) is 0 Å². The minimum Gasteiger partial charge on any atom is -0.506 e. The fraction of sp³-hybridized carbons (Fsp3) is 0.500. The highest BCUT2D eigenvalue weighted by Crippen LogP contribution is 2.31. The van der Waals surface area contributed by atoms with Crippen molar-refractivity contribution in [3.63, 3.8) is 0 Å². The van der Waals surface area contributed by atoms with E-state index in [-0.39, 0.29) is 5.41 Å². The van der Waals surface area contributed by atoms with Crippen molar-refractivity contribution in [3.8, 4) is 5.75 Å². The molecule has 0 heterocycles. The number of rotatable bonds is 1. The number of hydrogen-bond acceptors (Lipinski definition) is 2. The Kier molecular flexibility index (Phi) is 2.74. The van der Waals surface area contributed by atoms with Crippen LogP contribution >= 0.6 is 0 Å². The SMILES string of the molecule is CN(C)c1ccc(C(C)(C)C)cc1O. The maximum atomic E-state index is 9.78. The van der Waals surface area contributed by atoms with Crippen LogP contribution in [0.3, 0.4) is 0 Å². The highest BCUT2D eigenvalue weighted by Gasteiger charge is 2.15. The van der Waals surface area contributed by atoms with E-state index in [1.165, 1.54) is 0 Å². The Morgan fingerprint density at radius 1 is 1.14 bits per heavy atom. The molecular weight excluding hydrogens is 174 g/mol. The zero-order chi connectivity index (χ0) is 10.9. The van der Waals surface area contributed by atoms with Gasteiger partial charge in [0.05, 0.1) is 5.69 Å². The Morgan fingerprint density at radius 2 is 1.71 bits per heavy atom. The van der Waals surface area contributed by atoms with Gasteiger partial charge in [0.25, 0.3) is 0 Å². The van der Waals surface area contributed by atoms with Crippen LogP contribution in [0.2, 0.25) is 0 Å². The molecule has 0 radical (unpaired) electrons. The van der Waals surface area contributed by atoms with Gasteiger partial charge < -0.3 is 10.0 Å². The van der Waals surface area contributed by atoms with Gasteiger partial charge in [0, 0.05) is 14.1 Å². The van der Waals surface area contributed by atoms with Crippen molar-refractivity contribution in [3.05, 3.63) is 23.8 Å². The van der Waals surface area contributed by atoms with E-state index in [1.807, 2.05) is 31.1 Å². The van der Waals surface area contributed by atoms with Gasteiger partial charge in [0.2, 0.25) is 0 Å². The molecule has 2 heteroatoms. The Hall–Kier alpha value is -1.18. The molecular formula is C12H19NO. The van der Waals surface area contributed by atoms with Crippen LogP contribution in [0.15, 0.2) is 18.2 Å². The zero-order valence-corrected chi connectivity index (χ0v) is 9.63. The first kappa shape index (κ1) is 10.9. The molecule has 0 saturated heterocycles. The Balaban J connectivity index is 3.13. The monoisotopic (exact) mass is 193 g/mol. The number of nitrogens with zero attached hydrogens (tertiary/aromatic N) is 1. The van der Waals surface area contributed by atoms with Gasteiger partial charge in [-0.1, -0.05) is 26.8 Å². The molecule has 78 valence electrons. The molecule has 0 aliphatic heterocycles. The van der Waals surface area contributed by atoms with Crippen molar-refractivity contribution in [2.75, 3.05) is 19.0 Å². The third kappa shape index (κ3) is 2.19. The summed E-state index contributed by atoms with van der Waals surface area (Å²) in [5, 5.41) is 9.78. The predicted octanol–water partition coefficient (Wildman–Crippen LogP) is 2.76. The summed E-state index contributed by atoms with van der Waals surface area (Å²) in [5.74, 6) is 0.349. The molecule has 0 bridgehead atoms. The van der Waals surface area contributed by atoms with Crippen LogP contribution in [0.25, 0.3) is 0 Å². The van der Waals surface area contributed by atoms with Crippen molar-refractivity contribution >= 4 is 5.69 Å². The molecule has 0 unspecified atom stereocenters. The molecule has 0 fully saturated rings. The maximum Gasteiger partial charge on any atom is 0.139 e. The summed E-state index contributed by atoms with van der Waals surface area (Å²) in [7, 11) is 3.84. The number of benzene rings is 1. The molecule has 0 aliphatic rings. The third-order valence-electron chi connectivity index (χ3n) is 2.32. The zero-order valence-electron chi connectivity index (χ0n) is 9.63. The molecule has 0 amide bonds. The van der Waals surface area contributed by atoms with Gasteiger partial charge in [0.1, 0.15) is 5.75 Å². The van der Waals surface area contributed by atoms with Crippen LogP contribution < -0.4 is 4.90 Å². The molecule has 2 nitrogen and oxygen atoms in total. The lowest BCUT2D eigenvalue weighted by Crippen LogP contribution is -2.13. The van der Waals surface area contributed by atoms with Crippen LogP contribution in [-0.2, 0) is 5.41 Å². The summed E-state index contributed by atoms with van der Waals surface area (Å²) in [4.78, 5) is 1.90.